The van der Waals surface area contributed by atoms with Gasteiger partial charge in [0, 0.05) is 36.2 Å². The standard InChI is InChI=1S/C37H34N2O2/c1-23-11-15-25(16-12-23)20-28-21-38-22-35(34(28)40)33(27-17-13-24(2)14-18-27)31-10-5-19-39(31)36(35)29-8-3-6-26-7-4-9-30(32(26)29)37(36,38)41/h3-4,6-9,11-18,20,31,33,41H,5,10,19,21-22H2,1-2H3/b28-20+/t31-,33-,35+,36-,37-/m0/s1. The predicted octanol–water partition coefficient (Wildman–Crippen LogP) is 6.04. The zero-order chi connectivity index (χ0) is 27.7. The topological polar surface area (TPSA) is 43.8 Å². The van der Waals surface area contributed by atoms with Crippen LogP contribution < -0.4 is 0 Å². The lowest BCUT2D eigenvalue weighted by Gasteiger charge is -2.48. The number of nitrogens with zero attached hydrogens (tertiary/aromatic N) is 2. The molecular weight excluding hydrogens is 504 g/mol. The van der Waals surface area contributed by atoms with Crippen LogP contribution in [0.2, 0.25) is 0 Å². The molecule has 4 saturated heterocycles. The van der Waals surface area contributed by atoms with Gasteiger partial charge in [0.2, 0.25) is 0 Å². The molecule has 4 nitrogen and oxygen atoms in total. The van der Waals surface area contributed by atoms with Gasteiger partial charge in [0.05, 0.1) is 5.41 Å². The molecule has 6 atom stereocenters. The van der Waals surface area contributed by atoms with E-state index in [1.807, 2.05) is 0 Å². The van der Waals surface area contributed by atoms with Crippen LogP contribution in [0.3, 0.4) is 0 Å². The number of carbonyl (C=O) groups is 1. The maximum absolute atomic E-state index is 15.5. The van der Waals surface area contributed by atoms with Gasteiger partial charge in [-0.05, 0) is 66.8 Å². The summed E-state index contributed by atoms with van der Waals surface area (Å²) in [4.78, 5) is 20.3. The highest BCUT2D eigenvalue weighted by Crippen LogP contribution is 2.78. The fraction of sp³-hybridized carbons (Fsp3) is 0.324. The number of aliphatic hydroxyl groups is 1. The Morgan fingerprint density at radius 3 is 2.29 bits per heavy atom. The smallest absolute Gasteiger partial charge is 0.170 e. The Balaban J connectivity index is 1.38. The van der Waals surface area contributed by atoms with E-state index in [2.05, 4.69) is 115 Å². The summed E-state index contributed by atoms with van der Waals surface area (Å²) in [5, 5.41) is 15.8. The Bertz CT molecular complexity index is 1800. The highest BCUT2D eigenvalue weighted by atomic mass is 16.3. The van der Waals surface area contributed by atoms with Crippen molar-refractivity contribution in [3.8, 4) is 0 Å². The normalized spacial score (nSPS) is 35.7. The average Bonchev–Trinajstić information content (AvgIpc) is 3.65. The number of fused-ring (bicyclic) bond motifs is 4. The molecule has 4 aromatic rings. The van der Waals surface area contributed by atoms with Gasteiger partial charge >= 0.3 is 0 Å². The number of Topliss-reactive ketones (excluding diaryl/α,β-unsaturated/α-hetero) is 1. The van der Waals surface area contributed by atoms with Gasteiger partial charge in [0.1, 0.15) is 5.54 Å². The lowest BCUT2D eigenvalue weighted by Crippen LogP contribution is -2.61. The van der Waals surface area contributed by atoms with Crippen LogP contribution in [-0.2, 0) is 16.1 Å². The number of aryl methyl sites for hydroxylation is 2. The Hall–Kier alpha value is -3.57. The van der Waals surface area contributed by atoms with E-state index >= 15 is 4.79 Å². The monoisotopic (exact) mass is 538 g/mol. The van der Waals surface area contributed by atoms with E-state index in [4.69, 9.17) is 0 Å². The molecular formula is C37H34N2O2. The highest BCUT2D eigenvalue weighted by Gasteiger charge is 2.87. The maximum atomic E-state index is 15.5. The van der Waals surface area contributed by atoms with Crippen molar-refractivity contribution in [3.05, 3.63) is 124 Å². The Labute approximate surface area is 240 Å². The summed E-state index contributed by atoms with van der Waals surface area (Å²) in [5.41, 5.74) is 4.64. The van der Waals surface area contributed by atoms with E-state index in [1.54, 1.807) is 0 Å². The van der Waals surface area contributed by atoms with E-state index in [-0.39, 0.29) is 17.7 Å². The van der Waals surface area contributed by atoms with Crippen LogP contribution in [0.5, 0.6) is 0 Å². The van der Waals surface area contributed by atoms with Crippen molar-refractivity contribution in [2.75, 3.05) is 19.6 Å². The molecule has 0 saturated carbocycles. The second kappa shape index (κ2) is 7.83. The number of rotatable bonds is 2. The molecule has 4 fully saturated rings. The van der Waals surface area contributed by atoms with Crippen LogP contribution in [0.4, 0.5) is 0 Å². The Morgan fingerprint density at radius 2 is 1.56 bits per heavy atom. The molecule has 5 aliphatic rings. The third-order valence-corrected chi connectivity index (χ3v) is 11.3. The quantitative estimate of drug-likeness (QED) is 0.316. The van der Waals surface area contributed by atoms with Crippen LogP contribution in [0.1, 0.15) is 52.1 Å². The molecule has 204 valence electrons. The van der Waals surface area contributed by atoms with Crippen LogP contribution in [-0.4, -0.2) is 46.4 Å². The summed E-state index contributed by atoms with van der Waals surface area (Å²) in [6, 6.07) is 30.3. The summed E-state index contributed by atoms with van der Waals surface area (Å²) in [6.45, 7) is 6.10. The van der Waals surface area contributed by atoms with E-state index in [0.717, 1.165) is 52.4 Å². The first-order chi connectivity index (χ1) is 19.9. The van der Waals surface area contributed by atoms with Crippen molar-refractivity contribution in [2.45, 2.75) is 49.9 Å². The van der Waals surface area contributed by atoms with Crippen LogP contribution in [0.25, 0.3) is 16.8 Å². The van der Waals surface area contributed by atoms with Crippen molar-refractivity contribution in [3.63, 3.8) is 0 Å². The van der Waals surface area contributed by atoms with E-state index in [0.29, 0.717) is 13.1 Å². The molecule has 0 aromatic heterocycles. The van der Waals surface area contributed by atoms with E-state index in [1.165, 1.54) is 16.7 Å². The Morgan fingerprint density at radius 1 is 0.878 bits per heavy atom. The molecule has 4 heteroatoms. The van der Waals surface area contributed by atoms with Crippen LogP contribution in [0, 0.1) is 19.3 Å². The van der Waals surface area contributed by atoms with Gasteiger partial charge in [0.25, 0.3) is 0 Å². The largest absolute Gasteiger partial charge is 0.369 e. The van der Waals surface area contributed by atoms with Gasteiger partial charge in [-0.15, -0.1) is 0 Å². The van der Waals surface area contributed by atoms with Crippen LogP contribution >= 0.6 is 0 Å². The average molecular weight is 539 g/mol. The van der Waals surface area contributed by atoms with Crippen molar-refractivity contribution in [1.29, 1.82) is 0 Å². The first-order valence-electron chi connectivity index (χ1n) is 15.1. The molecule has 4 aromatic carbocycles. The van der Waals surface area contributed by atoms with Gasteiger partial charge in [-0.2, -0.15) is 0 Å². The highest BCUT2D eigenvalue weighted by molar-refractivity contribution is 6.09. The predicted molar refractivity (Wildman–Crippen MR) is 161 cm³/mol. The zero-order valence-corrected chi connectivity index (χ0v) is 23.6. The minimum atomic E-state index is -1.29. The lowest BCUT2D eigenvalue weighted by atomic mass is 9.56. The summed E-state index contributed by atoms with van der Waals surface area (Å²) >= 11 is 0. The van der Waals surface area contributed by atoms with Crippen LogP contribution in [0.15, 0.2) is 90.5 Å². The molecule has 4 heterocycles. The first kappa shape index (κ1) is 24.1. The Kier molecular flexibility index (Phi) is 4.60. The van der Waals surface area contributed by atoms with Gasteiger partial charge in [-0.3, -0.25) is 14.6 Å². The van der Waals surface area contributed by atoms with Crippen molar-refractivity contribution in [2.24, 2.45) is 5.41 Å². The van der Waals surface area contributed by atoms with Gasteiger partial charge < -0.3 is 5.11 Å². The number of hydrogen-bond acceptors (Lipinski definition) is 4. The number of ketones is 1. The number of carbonyl (C=O) groups excluding carboxylic acids is 1. The van der Waals surface area contributed by atoms with Gasteiger partial charge in [-0.25, -0.2) is 0 Å². The zero-order valence-electron chi connectivity index (χ0n) is 23.6. The van der Waals surface area contributed by atoms with Gasteiger partial charge in [0.15, 0.2) is 11.5 Å². The molecule has 1 unspecified atom stereocenters. The maximum Gasteiger partial charge on any atom is 0.170 e. The number of piperidine rings is 1. The summed E-state index contributed by atoms with van der Waals surface area (Å²) < 4.78 is 0. The fourth-order valence-corrected chi connectivity index (χ4v) is 9.98. The molecule has 1 N–H and O–H groups in total. The first-order valence-corrected chi connectivity index (χ1v) is 15.1. The van der Waals surface area contributed by atoms with Gasteiger partial charge in [-0.1, -0.05) is 96.1 Å². The minimum Gasteiger partial charge on any atom is -0.369 e. The third kappa shape index (κ3) is 2.58. The van der Waals surface area contributed by atoms with Crippen molar-refractivity contribution in [1.82, 2.24) is 9.80 Å². The molecule has 2 spiro atoms. The molecule has 41 heavy (non-hydrogen) atoms. The fourth-order valence-electron chi connectivity index (χ4n) is 9.98. The van der Waals surface area contributed by atoms with E-state index in [9.17, 15) is 5.11 Å². The second-order valence-electron chi connectivity index (χ2n) is 13.1. The molecule has 9 rings (SSSR count). The summed E-state index contributed by atoms with van der Waals surface area (Å²) in [5.74, 6) is 0.205. The summed E-state index contributed by atoms with van der Waals surface area (Å²) in [6.07, 6.45) is 4.21. The molecule has 0 radical (unpaired) electrons. The molecule has 1 aliphatic carbocycles. The number of hydrogen-bond donors (Lipinski definition) is 1. The molecule has 0 amide bonds. The third-order valence-electron chi connectivity index (χ3n) is 11.3. The molecule has 4 aliphatic heterocycles. The molecule has 2 bridgehead atoms. The SMILES string of the molecule is Cc1ccc(/C=C2\CN3C[C@]4(C2=O)[C@@H](c2ccc(C)cc2)[C@@H]2CCCN2[C@@]42c4cccc5cccc(c45)[C@@]32O)cc1. The van der Waals surface area contributed by atoms with Crippen molar-refractivity contribution < 1.29 is 9.90 Å². The number of benzene rings is 4. The van der Waals surface area contributed by atoms with Crippen molar-refractivity contribution >= 4 is 22.6 Å². The minimum absolute atomic E-state index is 0.0130. The van der Waals surface area contributed by atoms with E-state index < -0.39 is 16.7 Å². The second-order valence-corrected chi connectivity index (χ2v) is 13.1. The summed E-state index contributed by atoms with van der Waals surface area (Å²) in [7, 11) is 0. The lowest BCUT2D eigenvalue weighted by molar-refractivity contribution is -0.173.